The van der Waals surface area contributed by atoms with Gasteiger partial charge >= 0.3 is 0 Å². The summed E-state index contributed by atoms with van der Waals surface area (Å²) in [6.45, 7) is 2.95. The number of piperazine rings is 1. The largest absolute Gasteiger partial charge is 0.493 e. The molecule has 0 bridgehead atoms. The number of hydrogen-bond donors (Lipinski definition) is 1. The highest BCUT2D eigenvalue weighted by Crippen LogP contribution is 2.38. The molecular weight excluding hydrogens is 428 g/mol. The maximum absolute atomic E-state index is 13.2. The molecule has 0 aliphatic carbocycles. The van der Waals surface area contributed by atoms with Gasteiger partial charge in [-0.1, -0.05) is 12.1 Å². The van der Waals surface area contributed by atoms with Crippen LogP contribution in [0.25, 0.3) is 0 Å². The Bertz CT molecular complexity index is 1020. The van der Waals surface area contributed by atoms with Crippen molar-refractivity contribution >= 4 is 23.4 Å². The number of nitrogens with zero attached hydrogens (tertiary/aromatic N) is 3. The van der Waals surface area contributed by atoms with Crippen LogP contribution in [0.3, 0.4) is 0 Å². The number of methoxy groups -OCH3 is 3. The maximum atomic E-state index is 13.2. The summed E-state index contributed by atoms with van der Waals surface area (Å²) in [5.41, 5.74) is 6.57. The van der Waals surface area contributed by atoms with E-state index in [0.717, 1.165) is 0 Å². The number of nitrogens with two attached hydrogens (primary N) is 1. The molecule has 1 saturated heterocycles. The molecule has 176 valence electrons. The lowest BCUT2D eigenvalue weighted by atomic mass is 10.1. The Morgan fingerprint density at radius 3 is 1.97 bits per heavy atom. The molecule has 0 unspecified atom stereocenters. The first kappa shape index (κ1) is 23.9. The molecule has 0 aromatic heterocycles. The van der Waals surface area contributed by atoms with Gasteiger partial charge in [-0.25, -0.2) is 10.0 Å². The van der Waals surface area contributed by atoms with Crippen LogP contribution in [-0.2, 0) is 4.79 Å². The number of ether oxygens (including phenoxy) is 3. The van der Waals surface area contributed by atoms with Crippen LogP contribution in [0.1, 0.15) is 27.6 Å². The number of hydrogen-bond acceptors (Lipinski definition) is 7. The van der Waals surface area contributed by atoms with Gasteiger partial charge in [-0.05, 0) is 24.3 Å². The van der Waals surface area contributed by atoms with Gasteiger partial charge in [0.15, 0.2) is 11.5 Å². The Kier molecular flexibility index (Phi) is 7.39. The Hall–Kier alpha value is -3.79. The molecule has 0 atom stereocenters. The number of para-hydroxylation sites is 1. The predicted molar refractivity (Wildman–Crippen MR) is 122 cm³/mol. The summed E-state index contributed by atoms with van der Waals surface area (Å²) in [7, 11) is 4.48. The summed E-state index contributed by atoms with van der Waals surface area (Å²) in [4.78, 5) is 39.2. The number of amides is 3. The van der Waals surface area contributed by atoms with E-state index in [1.54, 1.807) is 41.3 Å². The molecule has 2 aromatic carbocycles. The second-order valence-corrected chi connectivity index (χ2v) is 7.37. The van der Waals surface area contributed by atoms with Crippen molar-refractivity contribution in [3.8, 4) is 17.2 Å². The summed E-state index contributed by atoms with van der Waals surface area (Å²) in [6.07, 6.45) is 0. The number of carbonyl (C=O) groups is 3. The van der Waals surface area contributed by atoms with Crippen molar-refractivity contribution in [1.29, 1.82) is 0 Å². The third-order valence-corrected chi connectivity index (χ3v) is 5.43. The van der Waals surface area contributed by atoms with Crippen LogP contribution >= 0.6 is 0 Å². The Morgan fingerprint density at radius 2 is 1.48 bits per heavy atom. The molecule has 2 aromatic rings. The van der Waals surface area contributed by atoms with Crippen molar-refractivity contribution in [2.24, 2.45) is 5.73 Å². The standard InChI is InChI=1S/C23H28N4O6/c1-15(28)27(18-8-6-5-7-17(18)22(24)29)26-11-9-25(10-12-26)23(30)16-13-19(31-2)21(33-4)20(14-16)32-3/h5-8,13-14H,9-12H2,1-4H3,(H2,24,29). The second-order valence-electron chi connectivity index (χ2n) is 7.37. The van der Waals surface area contributed by atoms with Crippen LogP contribution in [0.2, 0.25) is 0 Å². The van der Waals surface area contributed by atoms with Crippen LogP contribution in [-0.4, -0.2) is 75.1 Å². The molecule has 1 fully saturated rings. The summed E-state index contributed by atoms with van der Waals surface area (Å²) < 4.78 is 16.0. The smallest absolute Gasteiger partial charge is 0.254 e. The van der Waals surface area contributed by atoms with Gasteiger partial charge in [-0.15, -0.1) is 0 Å². The van der Waals surface area contributed by atoms with Gasteiger partial charge in [-0.3, -0.25) is 14.4 Å². The SMILES string of the molecule is COc1cc(C(=O)N2CCN(N(C(C)=O)c3ccccc3C(N)=O)CC2)cc(OC)c1OC. The number of carbonyl (C=O) groups excluding carboxylic acids is 3. The average Bonchev–Trinajstić information content (AvgIpc) is 2.83. The lowest BCUT2D eigenvalue weighted by molar-refractivity contribution is -0.120. The third kappa shape index (κ3) is 4.85. The molecule has 0 saturated carbocycles. The number of hydrazine groups is 1. The van der Waals surface area contributed by atoms with E-state index in [4.69, 9.17) is 19.9 Å². The molecule has 3 rings (SSSR count). The van der Waals surface area contributed by atoms with E-state index in [-0.39, 0.29) is 17.4 Å². The van der Waals surface area contributed by atoms with Crippen LogP contribution in [0.5, 0.6) is 17.2 Å². The molecule has 0 spiro atoms. The van der Waals surface area contributed by atoms with E-state index >= 15 is 0 Å². The fraction of sp³-hybridized carbons (Fsp3) is 0.348. The molecule has 33 heavy (non-hydrogen) atoms. The number of rotatable bonds is 7. The molecule has 3 amide bonds. The molecule has 10 heteroatoms. The molecule has 1 aliphatic rings. The number of benzene rings is 2. The normalized spacial score (nSPS) is 13.9. The first-order valence-corrected chi connectivity index (χ1v) is 10.4. The van der Waals surface area contributed by atoms with Gasteiger partial charge in [0.05, 0.1) is 32.6 Å². The molecular formula is C23H28N4O6. The van der Waals surface area contributed by atoms with E-state index < -0.39 is 5.91 Å². The molecule has 2 N–H and O–H groups in total. The summed E-state index contributed by atoms with van der Waals surface area (Å²) in [5, 5.41) is 3.25. The minimum atomic E-state index is -0.618. The van der Waals surface area contributed by atoms with Crippen molar-refractivity contribution in [2.45, 2.75) is 6.92 Å². The minimum absolute atomic E-state index is 0.194. The average molecular weight is 456 g/mol. The Balaban J connectivity index is 1.80. The van der Waals surface area contributed by atoms with E-state index in [1.165, 1.54) is 33.3 Å². The summed E-state index contributed by atoms with van der Waals surface area (Å²) in [6, 6.07) is 9.91. The highest BCUT2D eigenvalue weighted by Gasteiger charge is 2.30. The first-order valence-electron chi connectivity index (χ1n) is 10.4. The lowest BCUT2D eigenvalue weighted by Gasteiger charge is -2.41. The Labute approximate surface area is 192 Å². The monoisotopic (exact) mass is 456 g/mol. The summed E-state index contributed by atoms with van der Waals surface area (Å²) >= 11 is 0. The van der Waals surface area contributed by atoms with Crippen molar-refractivity contribution in [1.82, 2.24) is 9.91 Å². The zero-order valence-electron chi connectivity index (χ0n) is 19.2. The van der Waals surface area contributed by atoms with Crippen LogP contribution in [0.4, 0.5) is 5.69 Å². The van der Waals surface area contributed by atoms with Crippen molar-refractivity contribution in [3.05, 3.63) is 47.5 Å². The molecule has 1 heterocycles. The van der Waals surface area contributed by atoms with E-state index in [1.807, 2.05) is 5.01 Å². The van der Waals surface area contributed by atoms with Crippen LogP contribution in [0, 0.1) is 0 Å². The minimum Gasteiger partial charge on any atom is -0.493 e. The third-order valence-electron chi connectivity index (χ3n) is 5.43. The van der Waals surface area contributed by atoms with Gasteiger partial charge in [0.1, 0.15) is 0 Å². The zero-order chi connectivity index (χ0) is 24.1. The quantitative estimate of drug-likeness (QED) is 0.672. The maximum Gasteiger partial charge on any atom is 0.254 e. The van der Waals surface area contributed by atoms with E-state index in [0.29, 0.717) is 54.7 Å². The van der Waals surface area contributed by atoms with Crippen molar-refractivity contribution < 1.29 is 28.6 Å². The first-order chi connectivity index (χ1) is 15.8. The lowest BCUT2D eigenvalue weighted by Crippen LogP contribution is -2.56. The number of primary amides is 1. The highest BCUT2D eigenvalue weighted by molar-refractivity contribution is 6.03. The second kappa shape index (κ2) is 10.2. The van der Waals surface area contributed by atoms with E-state index in [9.17, 15) is 14.4 Å². The summed E-state index contributed by atoms with van der Waals surface area (Å²) in [5.74, 6) is 0.128. The number of anilines is 1. The zero-order valence-corrected chi connectivity index (χ0v) is 19.2. The van der Waals surface area contributed by atoms with Crippen molar-refractivity contribution in [2.75, 3.05) is 52.5 Å². The fourth-order valence-corrected chi connectivity index (χ4v) is 3.87. The van der Waals surface area contributed by atoms with Gasteiger partial charge in [-0.2, -0.15) is 0 Å². The van der Waals surface area contributed by atoms with Gasteiger partial charge in [0.2, 0.25) is 11.7 Å². The highest BCUT2D eigenvalue weighted by atomic mass is 16.5. The van der Waals surface area contributed by atoms with Gasteiger partial charge in [0, 0.05) is 38.7 Å². The Morgan fingerprint density at radius 1 is 0.909 bits per heavy atom. The predicted octanol–water partition coefficient (Wildman–Crippen LogP) is 1.54. The molecule has 10 nitrogen and oxygen atoms in total. The van der Waals surface area contributed by atoms with Crippen LogP contribution < -0.4 is 25.0 Å². The van der Waals surface area contributed by atoms with E-state index in [2.05, 4.69) is 0 Å². The fourth-order valence-electron chi connectivity index (χ4n) is 3.87. The topological polar surface area (TPSA) is 115 Å². The molecule has 1 aliphatic heterocycles. The van der Waals surface area contributed by atoms with Gasteiger partial charge < -0.3 is 24.8 Å². The molecule has 0 radical (unpaired) electrons. The van der Waals surface area contributed by atoms with Gasteiger partial charge in [0.25, 0.3) is 11.8 Å². The van der Waals surface area contributed by atoms with Crippen molar-refractivity contribution in [3.63, 3.8) is 0 Å². The van der Waals surface area contributed by atoms with Crippen LogP contribution in [0.15, 0.2) is 36.4 Å².